The Hall–Kier alpha value is -0.500. The summed E-state index contributed by atoms with van der Waals surface area (Å²) in [4.78, 5) is 2.18. The Morgan fingerprint density at radius 3 is 1.00 bits per heavy atom. The van der Waals surface area contributed by atoms with Crippen LogP contribution in [-0.4, -0.2) is 128 Å². The van der Waals surface area contributed by atoms with E-state index >= 15 is 0 Å². The van der Waals surface area contributed by atoms with Crippen LogP contribution >= 0.6 is 0 Å². The molecule has 0 saturated carbocycles. The largest absolute Gasteiger partial charge is 0.385 e. The fourth-order valence-corrected chi connectivity index (χ4v) is 3.33. The van der Waals surface area contributed by atoms with E-state index in [-0.39, 0.29) is 26.2 Å². The summed E-state index contributed by atoms with van der Waals surface area (Å²) in [5.41, 5.74) is -5.29. The van der Waals surface area contributed by atoms with E-state index in [0.29, 0.717) is 0 Å². The Kier molecular flexibility index (Phi) is 7.85. The van der Waals surface area contributed by atoms with Crippen molar-refractivity contribution in [3.05, 3.63) is 0 Å². The van der Waals surface area contributed by atoms with E-state index in [4.69, 9.17) is 9.11 Å². The number of hydrogen-bond donors (Lipinski definition) is 8. The second kappa shape index (κ2) is 8.67. The summed E-state index contributed by atoms with van der Waals surface area (Å²) in [5, 5.41) is 57.4. The van der Waals surface area contributed by atoms with Gasteiger partial charge in [-0.3, -0.25) is 18.9 Å². The Labute approximate surface area is 149 Å². The highest BCUT2D eigenvalue weighted by Gasteiger charge is 2.40. The van der Waals surface area contributed by atoms with Crippen LogP contribution in [0.15, 0.2) is 0 Å². The lowest BCUT2D eigenvalue weighted by atomic mass is 10.2. The molecule has 1 aliphatic rings. The summed E-state index contributed by atoms with van der Waals surface area (Å²) >= 11 is 0. The van der Waals surface area contributed by atoms with Crippen molar-refractivity contribution >= 4 is 20.2 Å². The van der Waals surface area contributed by atoms with Crippen LogP contribution in [0.2, 0.25) is 0 Å². The highest BCUT2D eigenvalue weighted by atomic mass is 32.2. The molecule has 1 rings (SSSR count). The molecule has 1 aliphatic heterocycles. The SMILES string of the molecule is O=S(=O)(O)C(O)C(O)C(O)N1CCN(C(O)C(O)C(O)S(=O)(=O)O)CC1. The molecule has 0 aromatic carbocycles. The summed E-state index contributed by atoms with van der Waals surface area (Å²) in [6.07, 6.45) is -8.29. The minimum Gasteiger partial charge on any atom is -0.385 e. The molecule has 6 unspecified atom stereocenters. The van der Waals surface area contributed by atoms with Crippen molar-refractivity contribution < 1.29 is 56.6 Å². The monoisotopic (exact) mass is 426 g/mol. The lowest BCUT2D eigenvalue weighted by Gasteiger charge is -2.41. The van der Waals surface area contributed by atoms with E-state index < -0.39 is 55.8 Å². The maximum absolute atomic E-state index is 10.8. The van der Waals surface area contributed by atoms with Crippen LogP contribution in [0.3, 0.4) is 0 Å². The first kappa shape index (κ1) is 23.5. The molecule has 1 heterocycles. The molecule has 8 N–H and O–H groups in total. The van der Waals surface area contributed by atoms with Crippen molar-refractivity contribution in [3.63, 3.8) is 0 Å². The molecule has 14 nitrogen and oxygen atoms in total. The average molecular weight is 426 g/mol. The average Bonchev–Trinajstić information content (AvgIpc) is 2.56. The quantitative estimate of drug-likeness (QED) is 0.169. The van der Waals surface area contributed by atoms with Crippen molar-refractivity contribution in [3.8, 4) is 0 Å². The molecule has 0 aromatic heterocycles. The van der Waals surface area contributed by atoms with Gasteiger partial charge in [0, 0.05) is 26.2 Å². The number of aliphatic hydroxyl groups is 6. The minimum atomic E-state index is -5.02. The second-order valence-corrected chi connectivity index (χ2v) is 8.72. The Balaban J connectivity index is 2.66. The molecule has 0 aliphatic carbocycles. The highest BCUT2D eigenvalue weighted by molar-refractivity contribution is 7.86. The number of piperazine rings is 1. The molecule has 6 atom stereocenters. The van der Waals surface area contributed by atoms with E-state index in [1.165, 1.54) is 0 Å². The van der Waals surface area contributed by atoms with Gasteiger partial charge in [-0.1, -0.05) is 0 Å². The molecule has 1 saturated heterocycles. The zero-order valence-corrected chi connectivity index (χ0v) is 14.8. The fraction of sp³-hybridized carbons (Fsp3) is 1.00. The van der Waals surface area contributed by atoms with Gasteiger partial charge in [0.25, 0.3) is 20.2 Å². The van der Waals surface area contributed by atoms with Crippen LogP contribution in [-0.2, 0) is 20.2 Å². The maximum atomic E-state index is 10.8. The van der Waals surface area contributed by atoms with Gasteiger partial charge in [-0.2, -0.15) is 16.8 Å². The molecular formula is C10H22N2O12S2. The lowest BCUT2D eigenvalue weighted by molar-refractivity contribution is -0.151. The highest BCUT2D eigenvalue weighted by Crippen LogP contribution is 2.16. The van der Waals surface area contributed by atoms with Gasteiger partial charge in [-0.25, -0.2) is 0 Å². The van der Waals surface area contributed by atoms with Gasteiger partial charge >= 0.3 is 0 Å². The molecule has 0 amide bonds. The molecule has 1 fully saturated rings. The van der Waals surface area contributed by atoms with E-state index in [9.17, 15) is 47.5 Å². The first-order valence-corrected chi connectivity index (χ1v) is 10.2. The van der Waals surface area contributed by atoms with Gasteiger partial charge in [0.05, 0.1) is 0 Å². The van der Waals surface area contributed by atoms with E-state index in [1.54, 1.807) is 0 Å². The summed E-state index contributed by atoms with van der Waals surface area (Å²) < 4.78 is 60.4. The minimum absolute atomic E-state index is 0.137. The predicted molar refractivity (Wildman–Crippen MR) is 82.3 cm³/mol. The van der Waals surface area contributed by atoms with Crippen molar-refractivity contribution in [2.45, 2.75) is 35.5 Å². The van der Waals surface area contributed by atoms with Gasteiger partial charge < -0.3 is 30.6 Å². The standard InChI is InChI=1S/C10H22N2O12S2/c13-5(9(17)25(19,20)21)7(15)11-1-2-12(4-3-11)8(16)6(14)10(18)26(22,23)24/h5-10,13-18H,1-4H2,(H,19,20,21)(H,22,23,24). The van der Waals surface area contributed by atoms with Crippen molar-refractivity contribution in [2.24, 2.45) is 0 Å². The Bertz CT molecular complexity index is 603. The van der Waals surface area contributed by atoms with Crippen molar-refractivity contribution in [2.75, 3.05) is 26.2 Å². The molecule has 156 valence electrons. The van der Waals surface area contributed by atoms with Crippen LogP contribution in [0.5, 0.6) is 0 Å². The summed E-state index contributed by atoms with van der Waals surface area (Å²) in [5.74, 6) is 0. The van der Waals surface area contributed by atoms with Gasteiger partial charge in [0.1, 0.15) is 24.7 Å². The first-order chi connectivity index (χ1) is 11.7. The number of rotatable bonds is 8. The van der Waals surface area contributed by atoms with Crippen LogP contribution in [0.4, 0.5) is 0 Å². The summed E-state index contributed by atoms with van der Waals surface area (Å²) in [6.45, 7) is -0.547. The predicted octanol–water partition coefficient (Wildman–Crippen LogP) is -5.62. The molecule has 26 heavy (non-hydrogen) atoms. The Morgan fingerprint density at radius 2 is 0.808 bits per heavy atom. The number of aliphatic hydroxyl groups excluding tert-OH is 6. The van der Waals surface area contributed by atoms with E-state index in [0.717, 1.165) is 9.80 Å². The molecule has 0 spiro atoms. The lowest BCUT2D eigenvalue weighted by Crippen LogP contribution is -2.60. The first-order valence-electron chi connectivity index (χ1n) is 7.17. The van der Waals surface area contributed by atoms with E-state index in [2.05, 4.69) is 0 Å². The molecular weight excluding hydrogens is 404 g/mol. The van der Waals surface area contributed by atoms with Gasteiger partial charge in [-0.15, -0.1) is 0 Å². The fourth-order valence-electron chi connectivity index (χ4n) is 2.35. The van der Waals surface area contributed by atoms with E-state index in [1.807, 2.05) is 0 Å². The van der Waals surface area contributed by atoms with Crippen molar-refractivity contribution in [1.29, 1.82) is 0 Å². The van der Waals surface area contributed by atoms with Crippen LogP contribution in [0.25, 0.3) is 0 Å². The van der Waals surface area contributed by atoms with Crippen LogP contribution in [0, 0.1) is 0 Å². The van der Waals surface area contributed by atoms with Gasteiger partial charge in [0.15, 0.2) is 0 Å². The molecule has 0 aromatic rings. The zero-order chi connectivity index (χ0) is 20.4. The van der Waals surface area contributed by atoms with Crippen LogP contribution in [0.1, 0.15) is 0 Å². The smallest absolute Gasteiger partial charge is 0.294 e. The molecule has 16 heteroatoms. The third kappa shape index (κ3) is 5.75. The summed E-state index contributed by atoms with van der Waals surface area (Å²) in [6, 6.07) is 0. The van der Waals surface area contributed by atoms with Gasteiger partial charge in [0.2, 0.25) is 10.9 Å². The zero-order valence-electron chi connectivity index (χ0n) is 13.2. The molecule has 0 bridgehead atoms. The topological polar surface area (TPSA) is 237 Å². The van der Waals surface area contributed by atoms with Gasteiger partial charge in [-0.05, 0) is 0 Å². The second-order valence-electron chi connectivity index (χ2n) is 5.69. The van der Waals surface area contributed by atoms with Crippen LogP contribution < -0.4 is 0 Å². The third-order valence-corrected chi connectivity index (χ3v) is 5.68. The normalized spacial score (nSPS) is 25.2. The maximum Gasteiger partial charge on any atom is 0.294 e. The molecule has 0 radical (unpaired) electrons. The third-order valence-electron chi connectivity index (χ3n) is 3.90. The Morgan fingerprint density at radius 1 is 0.577 bits per heavy atom. The number of hydrogen-bond acceptors (Lipinski definition) is 12. The number of nitrogens with zero attached hydrogens (tertiary/aromatic N) is 2. The van der Waals surface area contributed by atoms with Crippen molar-refractivity contribution in [1.82, 2.24) is 9.80 Å². The summed E-state index contributed by atoms with van der Waals surface area (Å²) in [7, 11) is -10.0.